The van der Waals surface area contributed by atoms with Crippen LogP contribution in [-0.2, 0) is 38.1 Å². The normalized spacial score (nSPS) is 16.6. The number of rotatable bonds is 23. The van der Waals surface area contributed by atoms with Gasteiger partial charge in [-0.25, -0.2) is 14.4 Å². The molecule has 0 spiro atoms. The highest BCUT2D eigenvalue weighted by Gasteiger charge is 2.34. The molecule has 0 aliphatic heterocycles. The van der Waals surface area contributed by atoms with E-state index >= 15 is 0 Å². The molecule has 0 bridgehead atoms. The molecular weight excluding hydrogens is 748 g/mol. The standard InChI is InChI=1S/C42H78N6O10/c1-11-32(36(50)47-33(24-18-20-26-45-40(54)58-42(8,9)10)38(52)56-30-21-15-13-12-14-16-22-30)46-37(51)34(29(4)55-27-28(2)3)48-35(49)31(43)23-17-19-25-44-39(53)57-41(5,6)7/h28-34H,11-27,43H2,1-10H3,(H,44,53)(H,45,54)(H,46,51)(H,47,50)(H,48,49)/t29-,31+,32+,33?,34+/m1/s1. The Morgan fingerprint density at radius 1 is 0.655 bits per heavy atom. The number of esters is 1. The monoisotopic (exact) mass is 827 g/mol. The lowest BCUT2D eigenvalue weighted by Gasteiger charge is -2.29. The Morgan fingerprint density at radius 3 is 1.66 bits per heavy atom. The summed E-state index contributed by atoms with van der Waals surface area (Å²) in [5.41, 5.74) is 4.98. The summed E-state index contributed by atoms with van der Waals surface area (Å²) in [6.45, 7) is 19.0. The highest BCUT2D eigenvalue weighted by Crippen LogP contribution is 2.21. The third kappa shape index (κ3) is 24.3. The lowest BCUT2D eigenvalue weighted by Crippen LogP contribution is -2.60. The lowest BCUT2D eigenvalue weighted by atomic mass is 9.98. The number of carbonyl (C=O) groups is 6. The molecule has 1 aliphatic carbocycles. The fraction of sp³-hybridized carbons (Fsp3) is 0.857. The second-order valence-corrected chi connectivity index (χ2v) is 17.8. The summed E-state index contributed by atoms with van der Waals surface area (Å²) < 4.78 is 22.4. The van der Waals surface area contributed by atoms with Crippen LogP contribution >= 0.6 is 0 Å². The smallest absolute Gasteiger partial charge is 0.407 e. The first-order valence-electron chi connectivity index (χ1n) is 21.5. The highest BCUT2D eigenvalue weighted by molar-refractivity contribution is 5.94. The first-order valence-corrected chi connectivity index (χ1v) is 21.5. The average Bonchev–Trinajstić information content (AvgIpc) is 3.09. The average molecular weight is 827 g/mol. The summed E-state index contributed by atoms with van der Waals surface area (Å²) in [4.78, 5) is 78.5. The zero-order valence-corrected chi connectivity index (χ0v) is 37.2. The van der Waals surface area contributed by atoms with E-state index in [0.29, 0.717) is 51.8 Å². The maximum Gasteiger partial charge on any atom is 0.407 e. The fourth-order valence-electron chi connectivity index (χ4n) is 6.12. The fourth-order valence-corrected chi connectivity index (χ4v) is 6.12. The van der Waals surface area contributed by atoms with Gasteiger partial charge in [-0.1, -0.05) is 40.0 Å². The van der Waals surface area contributed by atoms with Crippen molar-refractivity contribution in [1.82, 2.24) is 26.6 Å². The second kappa shape index (κ2) is 27.2. The maximum absolute atomic E-state index is 13.8. The topological polar surface area (TPSA) is 226 Å². The van der Waals surface area contributed by atoms with Crippen LogP contribution in [-0.4, -0.2) is 103 Å². The first-order chi connectivity index (χ1) is 27.1. The third-order valence-corrected chi connectivity index (χ3v) is 9.25. The van der Waals surface area contributed by atoms with Crippen LogP contribution in [0.3, 0.4) is 0 Å². The molecule has 5 atom stereocenters. The third-order valence-electron chi connectivity index (χ3n) is 9.25. The SMILES string of the molecule is CC[C@H](NC(=O)[C@@H](NC(=O)[C@@H](N)CCCCNC(=O)OC(C)(C)C)[C@@H](C)OCC(C)C)C(=O)NC(CCCCNC(=O)OC(C)(C)C)C(=O)OC1CCCCCCC1. The van der Waals surface area contributed by atoms with Crippen molar-refractivity contribution < 1.29 is 47.7 Å². The molecule has 336 valence electrons. The van der Waals surface area contributed by atoms with Gasteiger partial charge in [-0.05, 0) is 125 Å². The maximum atomic E-state index is 13.8. The van der Waals surface area contributed by atoms with Crippen molar-refractivity contribution in [2.24, 2.45) is 11.7 Å². The largest absolute Gasteiger partial charge is 0.461 e. The Balaban J connectivity index is 2.99. The number of ether oxygens (including phenoxy) is 4. The zero-order chi connectivity index (χ0) is 43.9. The van der Waals surface area contributed by atoms with Gasteiger partial charge in [0.1, 0.15) is 35.4 Å². The van der Waals surface area contributed by atoms with Crippen molar-refractivity contribution in [3.8, 4) is 0 Å². The van der Waals surface area contributed by atoms with Crippen molar-refractivity contribution in [3.05, 3.63) is 0 Å². The first kappa shape index (κ1) is 52.4. The predicted octanol–water partition coefficient (Wildman–Crippen LogP) is 5.29. The van der Waals surface area contributed by atoms with E-state index in [1.54, 1.807) is 55.4 Å². The summed E-state index contributed by atoms with van der Waals surface area (Å²) in [6.07, 6.45) is 7.57. The van der Waals surface area contributed by atoms with Crippen LogP contribution in [0.15, 0.2) is 0 Å². The molecule has 0 aromatic rings. The Morgan fingerprint density at radius 2 is 1.16 bits per heavy atom. The molecule has 1 aliphatic rings. The van der Waals surface area contributed by atoms with Crippen LogP contribution in [0.1, 0.15) is 159 Å². The van der Waals surface area contributed by atoms with Crippen molar-refractivity contribution in [2.75, 3.05) is 19.7 Å². The van der Waals surface area contributed by atoms with Gasteiger partial charge >= 0.3 is 18.2 Å². The minimum absolute atomic E-state index is 0.153. The molecule has 7 N–H and O–H groups in total. The molecule has 16 nitrogen and oxygen atoms in total. The van der Waals surface area contributed by atoms with E-state index in [-0.39, 0.29) is 24.9 Å². The summed E-state index contributed by atoms with van der Waals surface area (Å²) in [5, 5.41) is 13.7. The summed E-state index contributed by atoms with van der Waals surface area (Å²) in [6, 6.07) is -4.14. The molecule has 5 amide bonds. The molecular formula is C42H78N6O10. The van der Waals surface area contributed by atoms with Gasteiger partial charge in [0, 0.05) is 19.7 Å². The number of alkyl carbamates (subject to hydrolysis) is 2. The Labute approximate surface area is 347 Å². The molecule has 0 saturated heterocycles. The predicted molar refractivity (Wildman–Crippen MR) is 223 cm³/mol. The Kier molecular flexibility index (Phi) is 24.5. The molecule has 16 heteroatoms. The lowest BCUT2D eigenvalue weighted by molar-refractivity contribution is -0.154. The van der Waals surface area contributed by atoms with Crippen molar-refractivity contribution in [3.63, 3.8) is 0 Å². The number of amides is 5. The van der Waals surface area contributed by atoms with Gasteiger partial charge < -0.3 is 51.3 Å². The molecule has 1 rings (SSSR count). The molecule has 0 heterocycles. The van der Waals surface area contributed by atoms with E-state index in [9.17, 15) is 28.8 Å². The molecule has 58 heavy (non-hydrogen) atoms. The molecule has 0 radical (unpaired) electrons. The van der Waals surface area contributed by atoms with Crippen LogP contribution < -0.4 is 32.3 Å². The Hall–Kier alpha value is -3.66. The van der Waals surface area contributed by atoms with Gasteiger partial charge in [-0.3, -0.25) is 14.4 Å². The molecule has 0 aromatic carbocycles. The zero-order valence-electron chi connectivity index (χ0n) is 37.2. The van der Waals surface area contributed by atoms with Crippen molar-refractivity contribution >= 4 is 35.9 Å². The summed E-state index contributed by atoms with van der Waals surface area (Å²) in [7, 11) is 0. The van der Waals surface area contributed by atoms with Crippen molar-refractivity contribution in [1.29, 1.82) is 0 Å². The molecule has 1 saturated carbocycles. The number of nitrogens with one attached hydrogen (secondary N) is 5. The van der Waals surface area contributed by atoms with Crippen LogP contribution in [0.4, 0.5) is 9.59 Å². The number of unbranched alkanes of at least 4 members (excludes halogenated alkanes) is 2. The molecule has 1 unspecified atom stereocenters. The van der Waals surface area contributed by atoms with Gasteiger partial charge in [0.05, 0.1) is 12.1 Å². The number of nitrogens with two attached hydrogens (primary N) is 1. The van der Waals surface area contributed by atoms with Crippen LogP contribution in [0.25, 0.3) is 0 Å². The summed E-state index contributed by atoms with van der Waals surface area (Å²) in [5.74, 6) is -2.14. The van der Waals surface area contributed by atoms with Gasteiger partial charge in [0.25, 0.3) is 0 Å². The van der Waals surface area contributed by atoms with Gasteiger partial charge in [-0.2, -0.15) is 0 Å². The quantitative estimate of drug-likeness (QED) is 0.0441. The highest BCUT2D eigenvalue weighted by atomic mass is 16.6. The Bertz CT molecular complexity index is 1260. The van der Waals surface area contributed by atoms with Crippen LogP contribution in [0, 0.1) is 5.92 Å². The van der Waals surface area contributed by atoms with E-state index in [4.69, 9.17) is 24.7 Å². The van der Waals surface area contributed by atoms with E-state index in [1.165, 1.54) is 0 Å². The molecule has 1 fully saturated rings. The van der Waals surface area contributed by atoms with E-state index < -0.39 is 77.4 Å². The van der Waals surface area contributed by atoms with Crippen molar-refractivity contribution in [2.45, 2.75) is 207 Å². The second-order valence-electron chi connectivity index (χ2n) is 17.8. The van der Waals surface area contributed by atoms with Crippen LogP contribution in [0.2, 0.25) is 0 Å². The van der Waals surface area contributed by atoms with Gasteiger partial charge in [-0.15, -0.1) is 0 Å². The van der Waals surface area contributed by atoms with E-state index in [2.05, 4.69) is 26.6 Å². The number of hydrogen-bond acceptors (Lipinski definition) is 11. The van der Waals surface area contributed by atoms with Gasteiger partial charge in [0.2, 0.25) is 17.7 Å². The van der Waals surface area contributed by atoms with E-state index in [0.717, 1.165) is 44.9 Å². The van der Waals surface area contributed by atoms with E-state index in [1.807, 2.05) is 13.8 Å². The minimum atomic E-state index is -1.18. The molecule has 0 aromatic heterocycles. The number of carbonyl (C=O) groups excluding carboxylic acids is 6. The van der Waals surface area contributed by atoms with Gasteiger partial charge in [0.15, 0.2) is 0 Å². The minimum Gasteiger partial charge on any atom is -0.461 e. The number of hydrogen-bond donors (Lipinski definition) is 6. The summed E-state index contributed by atoms with van der Waals surface area (Å²) >= 11 is 0. The van der Waals surface area contributed by atoms with Crippen LogP contribution in [0.5, 0.6) is 0 Å².